The van der Waals surface area contributed by atoms with Crippen molar-refractivity contribution in [3.8, 4) is 0 Å². The third-order valence-electron chi connectivity index (χ3n) is 5.19. The Labute approximate surface area is 219 Å². The van der Waals surface area contributed by atoms with E-state index in [1.807, 2.05) is 31.4 Å². The molecule has 0 aliphatic rings. The molecule has 1 heterocycles. The number of nitrogens with zero attached hydrogens (tertiary/aromatic N) is 3. The van der Waals surface area contributed by atoms with Crippen molar-refractivity contribution in [2.45, 2.75) is 38.5 Å². The molecule has 3 rings (SSSR count). The Morgan fingerprint density at radius 1 is 1.14 bits per heavy atom. The molecule has 0 spiro atoms. The fraction of sp³-hybridized carbons (Fsp3) is 0.280. The number of carbonyl (C=O) groups is 2. The van der Waals surface area contributed by atoms with Crippen molar-refractivity contribution in [1.29, 1.82) is 0 Å². The summed E-state index contributed by atoms with van der Waals surface area (Å²) < 4.78 is 1.85. The van der Waals surface area contributed by atoms with E-state index in [1.165, 1.54) is 11.8 Å². The van der Waals surface area contributed by atoms with Crippen LogP contribution in [0, 0.1) is 12.8 Å². The first-order valence-corrected chi connectivity index (χ1v) is 12.7. The van der Waals surface area contributed by atoms with Gasteiger partial charge in [0.25, 0.3) is 5.91 Å². The second-order valence-corrected chi connectivity index (χ2v) is 9.97. The van der Waals surface area contributed by atoms with Crippen LogP contribution in [-0.4, -0.2) is 32.3 Å². The average molecular weight is 532 g/mol. The summed E-state index contributed by atoms with van der Waals surface area (Å²) in [5.41, 5.74) is 1.95. The molecule has 35 heavy (non-hydrogen) atoms. The fourth-order valence-corrected chi connectivity index (χ4v) is 4.49. The summed E-state index contributed by atoms with van der Waals surface area (Å²) in [6.07, 6.45) is 1.72. The van der Waals surface area contributed by atoms with Crippen LogP contribution in [0.1, 0.15) is 41.6 Å². The molecule has 3 aromatic rings. The van der Waals surface area contributed by atoms with Crippen LogP contribution in [0.15, 0.2) is 60.3 Å². The second kappa shape index (κ2) is 12.2. The molecule has 2 aromatic carbocycles. The van der Waals surface area contributed by atoms with Crippen LogP contribution >= 0.6 is 35.0 Å². The molecular weight excluding hydrogens is 505 g/mol. The van der Waals surface area contributed by atoms with Crippen molar-refractivity contribution in [3.05, 3.63) is 82.1 Å². The van der Waals surface area contributed by atoms with Gasteiger partial charge in [-0.15, -0.1) is 16.8 Å². The van der Waals surface area contributed by atoms with E-state index in [9.17, 15) is 9.59 Å². The minimum absolute atomic E-state index is 0.0154. The molecule has 0 radical (unpaired) electrons. The maximum absolute atomic E-state index is 12.9. The lowest BCUT2D eigenvalue weighted by Gasteiger charge is -2.23. The number of carbonyl (C=O) groups excluding carboxylic acids is 2. The lowest BCUT2D eigenvalue weighted by Crippen LogP contribution is -2.34. The van der Waals surface area contributed by atoms with Gasteiger partial charge in [-0.05, 0) is 42.7 Å². The van der Waals surface area contributed by atoms with Gasteiger partial charge in [-0.1, -0.05) is 73.1 Å². The molecule has 0 fully saturated rings. The van der Waals surface area contributed by atoms with E-state index in [1.54, 1.807) is 42.5 Å². The largest absolute Gasteiger partial charge is 0.342 e. The number of thioether (sulfide) groups is 1. The number of anilines is 1. The summed E-state index contributed by atoms with van der Waals surface area (Å²) in [5, 5.41) is 16.0. The summed E-state index contributed by atoms with van der Waals surface area (Å²) in [6.45, 7) is 10.1. The summed E-state index contributed by atoms with van der Waals surface area (Å²) in [4.78, 5) is 25.4. The topological polar surface area (TPSA) is 88.9 Å². The zero-order chi connectivity index (χ0) is 25.5. The predicted molar refractivity (Wildman–Crippen MR) is 142 cm³/mol. The van der Waals surface area contributed by atoms with Gasteiger partial charge < -0.3 is 15.2 Å². The van der Waals surface area contributed by atoms with Crippen LogP contribution in [0.5, 0.6) is 0 Å². The first-order chi connectivity index (χ1) is 16.7. The standard InChI is InChI=1S/C25H27Cl2N5O2S/c1-5-12-32-23(22(15(2)3)29-24(34)18-8-6-7-9-19(18)26)30-31-25(32)35-14-21(33)28-17-11-10-16(4)20(27)13-17/h5-11,13,15,22H,1,12,14H2,2-4H3,(H,28,33)(H,29,34). The van der Waals surface area contributed by atoms with Crippen LogP contribution in [0.4, 0.5) is 5.69 Å². The molecule has 184 valence electrons. The Balaban J connectivity index is 1.76. The molecule has 0 aliphatic carbocycles. The van der Waals surface area contributed by atoms with Crippen LogP contribution in [-0.2, 0) is 11.3 Å². The third-order valence-corrected chi connectivity index (χ3v) is 6.90. The lowest BCUT2D eigenvalue weighted by atomic mass is 10.0. The Morgan fingerprint density at radius 3 is 2.54 bits per heavy atom. The Morgan fingerprint density at radius 2 is 1.89 bits per heavy atom. The summed E-state index contributed by atoms with van der Waals surface area (Å²) in [5.74, 6) is 0.221. The van der Waals surface area contributed by atoms with E-state index in [0.717, 1.165) is 5.56 Å². The number of benzene rings is 2. The van der Waals surface area contributed by atoms with Gasteiger partial charge in [0, 0.05) is 17.3 Å². The average Bonchev–Trinajstić information content (AvgIpc) is 3.21. The summed E-state index contributed by atoms with van der Waals surface area (Å²) in [7, 11) is 0. The van der Waals surface area contributed by atoms with Crippen molar-refractivity contribution in [2.75, 3.05) is 11.1 Å². The van der Waals surface area contributed by atoms with E-state index >= 15 is 0 Å². The summed E-state index contributed by atoms with van der Waals surface area (Å²) in [6, 6.07) is 11.8. The van der Waals surface area contributed by atoms with Crippen molar-refractivity contribution in [1.82, 2.24) is 20.1 Å². The van der Waals surface area contributed by atoms with Crippen LogP contribution in [0.2, 0.25) is 10.0 Å². The highest BCUT2D eigenvalue weighted by Gasteiger charge is 2.27. The molecule has 10 heteroatoms. The molecule has 0 saturated heterocycles. The predicted octanol–water partition coefficient (Wildman–Crippen LogP) is 5.94. The zero-order valence-corrected chi connectivity index (χ0v) is 22.0. The van der Waals surface area contributed by atoms with Gasteiger partial charge in [-0.3, -0.25) is 9.59 Å². The molecular formula is C25H27Cl2N5O2S. The Bertz CT molecular complexity index is 1230. The van der Waals surface area contributed by atoms with E-state index in [0.29, 0.717) is 38.8 Å². The van der Waals surface area contributed by atoms with Crippen LogP contribution in [0.25, 0.3) is 0 Å². The number of aryl methyl sites for hydroxylation is 1. The van der Waals surface area contributed by atoms with Gasteiger partial charge in [0.2, 0.25) is 5.91 Å². The minimum Gasteiger partial charge on any atom is -0.342 e. The second-order valence-electron chi connectivity index (χ2n) is 8.22. The van der Waals surface area contributed by atoms with Crippen LogP contribution in [0.3, 0.4) is 0 Å². The highest BCUT2D eigenvalue weighted by molar-refractivity contribution is 7.99. The number of rotatable bonds is 10. The SMILES string of the molecule is C=CCn1c(SCC(=O)Nc2ccc(C)c(Cl)c2)nnc1C(NC(=O)c1ccccc1Cl)C(C)C. The van der Waals surface area contributed by atoms with Crippen LogP contribution < -0.4 is 10.6 Å². The van der Waals surface area contributed by atoms with E-state index in [4.69, 9.17) is 23.2 Å². The fourth-order valence-electron chi connectivity index (χ4n) is 3.33. The molecule has 0 saturated carbocycles. The summed E-state index contributed by atoms with van der Waals surface area (Å²) >= 11 is 13.6. The number of hydrogen-bond donors (Lipinski definition) is 2. The van der Waals surface area contributed by atoms with Gasteiger partial charge in [0.1, 0.15) is 0 Å². The number of amides is 2. The molecule has 1 aromatic heterocycles. The third kappa shape index (κ3) is 6.87. The normalized spacial score (nSPS) is 11.8. The van der Waals surface area contributed by atoms with Gasteiger partial charge in [0.05, 0.1) is 22.4 Å². The number of aromatic nitrogens is 3. The van der Waals surface area contributed by atoms with E-state index < -0.39 is 6.04 Å². The number of hydrogen-bond acceptors (Lipinski definition) is 5. The maximum atomic E-state index is 12.9. The van der Waals surface area contributed by atoms with Crippen molar-refractivity contribution >= 4 is 52.5 Å². The van der Waals surface area contributed by atoms with Crippen molar-refractivity contribution < 1.29 is 9.59 Å². The van der Waals surface area contributed by atoms with E-state index in [-0.39, 0.29) is 23.5 Å². The van der Waals surface area contributed by atoms with Gasteiger partial charge >= 0.3 is 0 Å². The highest BCUT2D eigenvalue weighted by atomic mass is 35.5. The monoisotopic (exact) mass is 531 g/mol. The molecule has 2 amide bonds. The molecule has 1 atom stereocenters. The van der Waals surface area contributed by atoms with Gasteiger partial charge in [-0.25, -0.2) is 0 Å². The minimum atomic E-state index is -0.427. The number of halogens is 2. The lowest BCUT2D eigenvalue weighted by molar-refractivity contribution is -0.113. The molecule has 0 bridgehead atoms. The Hall–Kier alpha value is -2.81. The highest BCUT2D eigenvalue weighted by Crippen LogP contribution is 2.27. The number of nitrogens with one attached hydrogen (secondary N) is 2. The smallest absolute Gasteiger partial charge is 0.253 e. The molecule has 2 N–H and O–H groups in total. The van der Waals surface area contributed by atoms with Gasteiger partial charge in [0.15, 0.2) is 11.0 Å². The number of allylic oxidation sites excluding steroid dienone is 1. The molecule has 0 aliphatic heterocycles. The first-order valence-electron chi connectivity index (χ1n) is 11.0. The van der Waals surface area contributed by atoms with Gasteiger partial charge in [-0.2, -0.15) is 0 Å². The quantitative estimate of drug-likeness (QED) is 0.249. The van der Waals surface area contributed by atoms with Crippen molar-refractivity contribution in [3.63, 3.8) is 0 Å². The zero-order valence-electron chi connectivity index (χ0n) is 19.7. The maximum Gasteiger partial charge on any atom is 0.253 e. The van der Waals surface area contributed by atoms with E-state index in [2.05, 4.69) is 27.4 Å². The molecule has 7 nitrogen and oxygen atoms in total. The first kappa shape index (κ1) is 26.8. The van der Waals surface area contributed by atoms with Crippen molar-refractivity contribution in [2.24, 2.45) is 5.92 Å². The Kier molecular flexibility index (Phi) is 9.37. The molecule has 1 unspecified atom stereocenters.